The molecular formula is C11H10Cl2O3. The lowest BCUT2D eigenvalue weighted by Crippen LogP contribution is -2.15. The summed E-state index contributed by atoms with van der Waals surface area (Å²) in [6, 6.07) is 3.26. The van der Waals surface area contributed by atoms with Crippen molar-refractivity contribution in [1.82, 2.24) is 0 Å². The van der Waals surface area contributed by atoms with E-state index in [4.69, 9.17) is 32.7 Å². The fourth-order valence-corrected chi connectivity index (χ4v) is 1.83. The number of halogens is 2. The molecule has 16 heavy (non-hydrogen) atoms. The maximum Gasteiger partial charge on any atom is 0.343 e. The molecule has 86 valence electrons. The van der Waals surface area contributed by atoms with Crippen molar-refractivity contribution in [3.05, 3.63) is 27.7 Å². The third-order valence-electron chi connectivity index (χ3n) is 2.31. The molecule has 1 aliphatic rings. The number of ether oxygens (including phenoxy) is 2. The van der Waals surface area contributed by atoms with Crippen molar-refractivity contribution in [3.63, 3.8) is 0 Å². The summed E-state index contributed by atoms with van der Waals surface area (Å²) in [6.45, 7) is 2.35. The van der Waals surface area contributed by atoms with E-state index in [-0.39, 0.29) is 5.97 Å². The molecule has 0 bridgehead atoms. The summed E-state index contributed by atoms with van der Waals surface area (Å²) in [5.74, 6) is 0.0745. The van der Waals surface area contributed by atoms with Crippen LogP contribution in [0.2, 0.25) is 10.0 Å². The van der Waals surface area contributed by atoms with Gasteiger partial charge in [-0.2, -0.15) is 0 Å². The third kappa shape index (κ3) is 2.32. The van der Waals surface area contributed by atoms with E-state index in [2.05, 4.69) is 0 Å². The Morgan fingerprint density at radius 2 is 2.25 bits per heavy atom. The summed E-state index contributed by atoms with van der Waals surface area (Å²) in [6.07, 6.45) is 0.229. The van der Waals surface area contributed by atoms with Gasteiger partial charge in [0, 0.05) is 5.56 Å². The van der Waals surface area contributed by atoms with Crippen LogP contribution in [0.15, 0.2) is 12.1 Å². The molecule has 1 atom stereocenters. The summed E-state index contributed by atoms with van der Waals surface area (Å²) in [5.41, 5.74) is 0.739. The molecule has 0 aliphatic carbocycles. The Bertz CT molecular complexity index is 427. The summed E-state index contributed by atoms with van der Waals surface area (Å²) in [4.78, 5) is 11.4. The maximum absolute atomic E-state index is 11.4. The first-order valence-electron chi connectivity index (χ1n) is 4.93. The molecule has 0 radical (unpaired) electrons. The summed E-state index contributed by atoms with van der Waals surface area (Å²) >= 11 is 11.9. The second-order valence-corrected chi connectivity index (χ2v) is 4.22. The normalized spacial score (nSPS) is 18.3. The van der Waals surface area contributed by atoms with Crippen LogP contribution in [0.3, 0.4) is 0 Å². The Morgan fingerprint density at radius 3 is 2.81 bits per heavy atom. The van der Waals surface area contributed by atoms with Gasteiger partial charge in [-0.25, -0.2) is 4.79 Å². The van der Waals surface area contributed by atoms with E-state index in [9.17, 15) is 4.79 Å². The molecule has 1 aromatic carbocycles. The summed E-state index contributed by atoms with van der Waals surface area (Å²) in [7, 11) is 0. The van der Waals surface area contributed by atoms with Crippen LogP contribution in [0, 0.1) is 0 Å². The standard InChI is InChI=1S/C11H10Cl2O3/c1-2-6-8(4-3-7(12)10(6)13)16-11(14)9-5-15-9/h3-4,9H,2,5H2,1H3. The van der Waals surface area contributed by atoms with Crippen LogP contribution in [0.1, 0.15) is 12.5 Å². The average Bonchev–Trinajstić information content (AvgIpc) is 3.07. The Kier molecular flexibility index (Phi) is 3.38. The monoisotopic (exact) mass is 260 g/mol. The van der Waals surface area contributed by atoms with Crippen molar-refractivity contribution < 1.29 is 14.3 Å². The first kappa shape index (κ1) is 11.7. The number of hydrogen-bond donors (Lipinski definition) is 0. The van der Waals surface area contributed by atoms with E-state index in [1.807, 2.05) is 6.92 Å². The molecule has 2 rings (SSSR count). The van der Waals surface area contributed by atoms with Gasteiger partial charge < -0.3 is 9.47 Å². The molecule has 1 fully saturated rings. The zero-order valence-corrected chi connectivity index (χ0v) is 10.1. The van der Waals surface area contributed by atoms with Crippen molar-refractivity contribution in [3.8, 4) is 5.75 Å². The van der Waals surface area contributed by atoms with E-state index in [0.29, 0.717) is 28.8 Å². The molecule has 1 aliphatic heterocycles. The highest BCUT2D eigenvalue weighted by Gasteiger charge is 2.33. The first-order valence-corrected chi connectivity index (χ1v) is 5.69. The molecule has 1 saturated heterocycles. The van der Waals surface area contributed by atoms with E-state index < -0.39 is 6.10 Å². The minimum absolute atomic E-state index is 0.381. The molecule has 1 aromatic rings. The molecule has 5 heteroatoms. The fraction of sp³-hybridized carbons (Fsp3) is 0.364. The van der Waals surface area contributed by atoms with Crippen LogP contribution < -0.4 is 4.74 Å². The predicted octanol–water partition coefficient (Wildman–Crippen LogP) is 2.86. The first-order chi connectivity index (χ1) is 7.63. The smallest absolute Gasteiger partial charge is 0.343 e. The van der Waals surface area contributed by atoms with Crippen molar-refractivity contribution >= 4 is 29.2 Å². The fourth-order valence-electron chi connectivity index (χ4n) is 1.36. The number of hydrogen-bond acceptors (Lipinski definition) is 3. The molecule has 0 saturated carbocycles. The number of rotatable bonds is 3. The molecule has 1 unspecified atom stereocenters. The summed E-state index contributed by atoms with van der Waals surface area (Å²) < 4.78 is 10.0. The Hall–Kier alpha value is -0.770. The van der Waals surface area contributed by atoms with Gasteiger partial charge in [0.1, 0.15) is 5.75 Å². The molecule has 0 spiro atoms. The molecule has 1 heterocycles. The van der Waals surface area contributed by atoms with Crippen LogP contribution in [0.25, 0.3) is 0 Å². The predicted molar refractivity (Wildman–Crippen MR) is 61.2 cm³/mol. The van der Waals surface area contributed by atoms with Crippen molar-refractivity contribution in [1.29, 1.82) is 0 Å². The number of carbonyl (C=O) groups is 1. The quantitative estimate of drug-likeness (QED) is 0.477. The summed E-state index contributed by atoms with van der Waals surface area (Å²) in [5, 5.41) is 0.896. The third-order valence-corrected chi connectivity index (χ3v) is 3.16. The van der Waals surface area contributed by atoms with E-state index in [1.54, 1.807) is 12.1 Å². The average molecular weight is 261 g/mol. The van der Waals surface area contributed by atoms with Crippen LogP contribution in [0.4, 0.5) is 0 Å². The number of epoxide rings is 1. The van der Waals surface area contributed by atoms with Gasteiger partial charge in [-0.15, -0.1) is 0 Å². The number of carbonyl (C=O) groups excluding carboxylic acids is 1. The van der Waals surface area contributed by atoms with Gasteiger partial charge in [0.15, 0.2) is 6.10 Å². The molecule has 0 aromatic heterocycles. The van der Waals surface area contributed by atoms with Crippen LogP contribution in [0.5, 0.6) is 5.75 Å². The van der Waals surface area contributed by atoms with Crippen LogP contribution >= 0.6 is 23.2 Å². The second kappa shape index (κ2) is 4.62. The molecule has 3 nitrogen and oxygen atoms in total. The molecule has 0 N–H and O–H groups in total. The van der Waals surface area contributed by atoms with Gasteiger partial charge >= 0.3 is 5.97 Å². The largest absolute Gasteiger partial charge is 0.424 e. The van der Waals surface area contributed by atoms with Crippen molar-refractivity contribution in [2.24, 2.45) is 0 Å². The molecule has 0 amide bonds. The number of benzene rings is 1. The van der Waals surface area contributed by atoms with Gasteiger partial charge in [-0.1, -0.05) is 30.1 Å². The zero-order valence-electron chi connectivity index (χ0n) is 8.63. The van der Waals surface area contributed by atoms with Gasteiger partial charge in [0.25, 0.3) is 0 Å². The minimum Gasteiger partial charge on any atom is -0.424 e. The van der Waals surface area contributed by atoms with Gasteiger partial charge in [-0.3, -0.25) is 0 Å². The highest BCUT2D eigenvalue weighted by atomic mass is 35.5. The minimum atomic E-state index is -0.417. The van der Waals surface area contributed by atoms with E-state index in [0.717, 1.165) is 5.56 Å². The Morgan fingerprint density at radius 1 is 1.56 bits per heavy atom. The topological polar surface area (TPSA) is 38.8 Å². The van der Waals surface area contributed by atoms with Gasteiger partial charge in [-0.05, 0) is 18.6 Å². The van der Waals surface area contributed by atoms with E-state index in [1.165, 1.54) is 0 Å². The van der Waals surface area contributed by atoms with Crippen LogP contribution in [-0.4, -0.2) is 18.7 Å². The van der Waals surface area contributed by atoms with Gasteiger partial charge in [0.2, 0.25) is 0 Å². The highest BCUT2D eigenvalue weighted by Crippen LogP contribution is 2.33. The van der Waals surface area contributed by atoms with Gasteiger partial charge in [0.05, 0.1) is 16.7 Å². The highest BCUT2D eigenvalue weighted by molar-refractivity contribution is 6.42. The lowest BCUT2D eigenvalue weighted by Gasteiger charge is -2.10. The van der Waals surface area contributed by atoms with E-state index >= 15 is 0 Å². The SMILES string of the molecule is CCc1c(OC(=O)C2CO2)ccc(Cl)c1Cl. The molecular weight excluding hydrogens is 251 g/mol. The second-order valence-electron chi connectivity index (χ2n) is 3.43. The Balaban J connectivity index is 2.25. The number of esters is 1. The Labute approximate surface area is 103 Å². The van der Waals surface area contributed by atoms with Crippen LogP contribution in [-0.2, 0) is 16.0 Å². The zero-order chi connectivity index (χ0) is 11.7. The maximum atomic E-state index is 11.4. The van der Waals surface area contributed by atoms with Crippen molar-refractivity contribution in [2.75, 3.05) is 6.61 Å². The lowest BCUT2D eigenvalue weighted by atomic mass is 10.1. The van der Waals surface area contributed by atoms with Crippen molar-refractivity contribution in [2.45, 2.75) is 19.4 Å². The lowest BCUT2D eigenvalue weighted by molar-refractivity contribution is -0.135.